The predicted molar refractivity (Wildman–Crippen MR) is 68.0 cm³/mol. The molecule has 0 atom stereocenters. The van der Waals surface area contributed by atoms with E-state index in [4.69, 9.17) is 5.73 Å². The Bertz CT molecular complexity index is 715. The predicted octanol–water partition coefficient (Wildman–Crippen LogP) is 0.442. The molecule has 3 aromatic rings. The van der Waals surface area contributed by atoms with Gasteiger partial charge in [0.2, 0.25) is 5.95 Å². The third-order valence-electron chi connectivity index (χ3n) is 3.01. The van der Waals surface area contributed by atoms with Crippen LogP contribution >= 0.6 is 0 Å². The van der Waals surface area contributed by atoms with E-state index in [0.717, 1.165) is 22.6 Å². The molecule has 18 heavy (non-hydrogen) atoms. The topological polar surface area (TPSA) is 79.5 Å². The monoisotopic (exact) mass is 245 g/mol. The number of hydrogen-bond donors (Lipinski definition) is 1. The van der Waals surface area contributed by atoms with Crippen molar-refractivity contribution in [3.63, 3.8) is 0 Å². The average molecular weight is 245 g/mol. The molecule has 0 aromatic carbocycles. The Kier molecular flexibility index (Phi) is 2.16. The second-order valence-corrected chi connectivity index (χ2v) is 4.42. The molecule has 0 saturated heterocycles. The highest BCUT2D eigenvalue weighted by Crippen LogP contribution is 2.21. The van der Waals surface area contributed by atoms with Crippen LogP contribution in [0.25, 0.3) is 11.2 Å². The van der Waals surface area contributed by atoms with E-state index < -0.39 is 0 Å². The zero-order chi connectivity index (χ0) is 12.9. The largest absolute Gasteiger partial charge is 0.369 e. The number of aromatic nitrogens is 6. The molecule has 7 nitrogen and oxygen atoms in total. The number of hydrogen-bond acceptors (Lipinski definition) is 4. The van der Waals surface area contributed by atoms with E-state index in [0.29, 0.717) is 12.5 Å². The average Bonchev–Trinajstić information content (AvgIpc) is 2.91. The normalized spacial score (nSPS) is 11.5. The Morgan fingerprint density at radius 1 is 1.28 bits per heavy atom. The van der Waals surface area contributed by atoms with Crippen molar-refractivity contribution in [2.24, 2.45) is 14.1 Å². The molecule has 0 spiro atoms. The van der Waals surface area contributed by atoms with Crippen molar-refractivity contribution >= 4 is 17.1 Å². The number of nitrogens with zero attached hydrogens (tertiary/aromatic N) is 6. The van der Waals surface area contributed by atoms with Crippen LogP contribution in [0.3, 0.4) is 0 Å². The second kappa shape index (κ2) is 3.59. The van der Waals surface area contributed by atoms with Gasteiger partial charge in [0, 0.05) is 20.3 Å². The first-order valence-corrected chi connectivity index (χ1v) is 5.70. The van der Waals surface area contributed by atoms with Crippen LogP contribution in [0.2, 0.25) is 0 Å². The van der Waals surface area contributed by atoms with Crippen molar-refractivity contribution in [3.05, 3.63) is 23.7 Å². The van der Waals surface area contributed by atoms with E-state index in [-0.39, 0.29) is 0 Å². The van der Waals surface area contributed by atoms with Gasteiger partial charge in [-0.15, -0.1) is 0 Å². The maximum atomic E-state index is 5.97. The number of fused-ring (bicyclic) bond motifs is 1. The first kappa shape index (κ1) is 10.8. The third-order valence-corrected chi connectivity index (χ3v) is 3.01. The molecule has 0 unspecified atom stereocenters. The van der Waals surface area contributed by atoms with Crippen molar-refractivity contribution in [3.8, 4) is 0 Å². The molecule has 7 heteroatoms. The number of imidazole rings is 1. The van der Waals surface area contributed by atoms with Crippen molar-refractivity contribution in [1.29, 1.82) is 0 Å². The molecule has 0 saturated carbocycles. The maximum absolute atomic E-state index is 5.97. The molecule has 94 valence electrons. The van der Waals surface area contributed by atoms with Crippen molar-refractivity contribution in [1.82, 2.24) is 29.1 Å². The van der Waals surface area contributed by atoms with Crippen LogP contribution in [0.15, 0.2) is 12.3 Å². The smallest absolute Gasteiger partial charge is 0.202 e. The molecule has 0 amide bonds. The highest BCUT2D eigenvalue weighted by atomic mass is 15.4. The summed E-state index contributed by atoms with van der Waals surface area (Å²) < 4.78 is 5.50. The first-order chi connectivity index (χ1) is 8.56. The minimum absolute atomic E-state index is 0.492. The van der Waals surface area contributed by atoms with Crippen molar-refractivity contribution < 1.29 is 0 Å². The summed E-state index contributed by atoms with van der Waals surface area (Å²) in [5.41, 5.74) is 9.58. The number of nitrogen functional groups attached to an aromatic ring is 1. The Balaban J connectivity index is 2.13. The molecule has 0 aliphatic heterocycles. The van der Waals surface area contributed by atoms with Crippen LogP contribution in [0, 0.1) is 6.92 Å². The standard InChI is InChI=1S/C11H15N7/c1-7-9-10(17(3)14-7)18(11(12)13-9)6-8-4-5-16(2)15-8/h4-5H,6H2,1-3H3,(H2,12,13). The molecular weight excluding hydrogens is 230 g/mol. The third kappa shape index (κ3) is 1.47. The number of aryl methyl sites for hydroxylation is 3. The van der Waals surface area contributed by atoms with Gasteiger partial charge in [-0.3, -0.25) is 13.9 Å². The summed E-state index contributed by atoms with van der Waals surface area (Å²) >= 11 is 0. The van der Waals surface area contributed by atoms with Gasteiger partial charge in [0.15, 0.2) is 5.65 Å². The van der Waals surface area contributed by atoms with Gasteiger partial charge in [-0.05, 0) is 13.0 Å². The second-order valence-electron chi connectivity index (χ2n) is 4.42. The quantitative estimate of drug-likeness (QED) is 0.710. The van der Waals surface area contributed by atoms with Gasteiger partial charge < -0.3 is 5.73 Å². The van der Waals surface area contributed by atoms with E-state index >= 15 is 0 Å². The highest BCUT2D eigenvalue weighted by Gasteiger charge is 2.16. The number of anilines is 1. The summed E-state index contributed by atoms with van der Waals surface area (Å²) in [7, 11) is 3.79. The molecule has 0 radical (unpaired) electrons. The Morgan fingerprint density at radius 2 is 2.06 bits per heavy atom. The Labute approximate surface area is 104 Å². The van der Waals surface area contributed by atoms with Gasteiger partial charge in [-0.25, -0.2) is 4.98 Å². The highest BCUT2D eigenvalue weighted by molar-refractivity contribution is 5.77. The molecule has 3 heterocycles. The van der Waals surface area contributed by atoms with Crippen LogP contribution in [0.4, 0.5) is 5.95 Å². The lowest BCUT2D eigenvalue weighted by Gasteiger charge is -2.04. The summed E-state index contributed by atoms with van der Waals surface area (Å²) in [5, 5.41) is 8.70. The lowest BCUT2D eigenvalue weighted by atomic mass is 10.4. The van der Waals surface area contributed by atoms with Gasteiger partial charge >= 0.3 is 0 Å². The van der Waals surface area contributed by atoms with E-state index in [1.165, 1.54) is 0 Å². The van der Waals surface area contributed by atoms with Crippen LogP contribution in [0.1, 0.15) is 11.4 Å². The van der Waals surface area contributed by atoms with Crippen LogP contribution in [0.5, 0.6) is 0 Å². The number of nitrogens with two attached hydrogens (primary N) is 1. The Hall–Kier alpha value is -2.31. The van der Waals surface area contributed by atoms with Gasteiger partial charge in [0.05, 0.1) is 17.9 Å². The fourth-order valence-electron chi connectivity index (χ4n) is 2.22. The van der Waals surface area contributed by atoms with Gasteiger partial charge in [0.1, 0.15) is 5.52 Å². The molecular formula is C11H15N7. The lowest BCUT2D eigenvalue weighted by molar-refractivity contribution is 0.693. The maximum Gasteiger partial charge on any atom is 0.202 e. The number of rotatable bonds is 2. The summed E-state index contributed by atoms with van der Waals surface area (Å²) in [4.78, 5) is 4.36. The van der Waals surface area contributed by atoms with Gasteiger partial charge in [0.25, 0.3) is 0 Å². The molecule has 0 fully saturated rings. The summed E-state index contributed by atoms with van der Waals surface area (Å²) in [6.07, 6.45) is 1.91. The molecule has 0 bridgehead atoms. The fourth-order valence-corrected chi connectivity index (χ4v) is 2.22. The van der Waals surface area contributed by atoms with Gasteiger partial charge in [-0.2, -0.15) is 10.2 Å². The first-order valence-electron chi connectivity index (χ1n) is 5.70. The van der Waals surface area contributed by atoms with E-state index in [2.05, 4.69) is 15.2 Å². The molecule has 0 aliphatic carbocycles. The minimum atomic E-state index is 0.492. The van der Waals surface area contributed by atoms with E-state index in [1.54, 1.807) is 9.36 Å². The van der Waals surface area contributed by atoms with Gasteiger partial charge in [-0.1, -0.05) is 0 Å². The van der Waals surface area contributed by atoms with E-state index in [1.807, 2.05) is 37.8 Å². The SMILES string of the molecule is Cc1nn(C)c2c1nc(N)n2Cc1ccn(C)n1. The molecule has 3 aromatic heterocycles. The lowest BCUT2D eigenvalue weighted by Crippen LogP contribution is -2.08. The van der Waals surface area contributed by atoms with Crippen molar-refractivity contribution in [2.45, 2.75) is 13.5 Å². The molecule has 0 aliphatic rings. The van der Waals surface area contributed by atoms with Crippen LogP contribution < -0.4 is 5.73 Å². The summed E-state index contributed by atoms with van der Waals surface area (Å²) in [6, 6.07) is 1.97. The zero-order valence-electron chi connectivity index (χ0n) is 10.6. The van der Waals surface area contributed by atoms with Crippen LogP contribution in [-0.2, 0) is 20.6 Å². The molecule has 3 rings (SSSR count). The minimum Gasteiger partial charge on any atom is -0.369 e. The Morgan fingerprint density at radius 3 is 2.72 bits per heavy atom. The van der Waals surface area contributed by atoms with Crippen LogP contribution in [-0.4, -0.2) is 29.1 Å². The molecule has 2 N–H and O–H groups in total. The van der Waals surface area contributed by atoms with Crippen molar-refractivity contribution in [2.75, 3.05) is 5.73 Å². The summed E-state index contributed by atoms with van der Waals surface area (Å²) in [5.74, 6) is 0.492. The van der Waals surface area contributed by atoms with E-state index in [9.17, 15) is 0 Å². The summed E-state index contributed by atoms with van der Waals surface area (Å²) in [6.45, 7) is 2.53. The zero-order valence-corrected chi connectivity index (χ0v) is 10.6. The fraction of sp³-hybridized carbons (Fsp3) is 0.364.